The molecule has 0 amide bonds. The smallest absolute Gasteiger partial charge is 0.357 e. The molecule has 3 rings (SSSR count). The monoisotopic (exact) mass is 402 g/mol. The molecule has 5 nitrogen and oxygen atoms in total. The van der Waals surface area contributed by atoms with Crippen LogP contribution in [0.15, 0.2) is 48.5 Å². The van der Waals surface area contributed by atoms with E-state index < -0.39 is 11.8 Å². The van der Waals surface area contributed by atoms with Crippen LogP contribution in [0.1, 0.15) is 37.7 Å². The number of ether oxygens (including phenoxy) is 1. The van der Waals surface area contributed by atoms with E-state index in [2.05, 4.69) is 5.10 Å². The molecule has 0 unspecified atom stereocenters. The Hall–Kier alpha value is -2.63. The average Bonchev–Trinajstić information content (AvgIpc) is 2.94. The fourth-order valence-corrected chi connectivity index (χ4v) is 3.26. The number of esters is 1. The summed E-state index contributed by atoms with van der Waals surface area (Å²) in [5.41, 5.74) is 1.76. The number of nitrogens with zero attached hydrogens (tertiary/aromatic N) is 2. The van der Waals surface area contributed by atoms with E-state index in [9.17, 15) is 9.59 Å². The second-order valence-corrected chi connectivity index (χ2v) is 6.79. The molecule has 3 aromatic rings. The molecule has 0 N–H and O–H groups in total. The summed E-state index contributed by atoms with van der Waals surface area (Å²) in [6.07, 6.45) is 0. The van der Waals surface area contributed by atoms with Crippen molar-refractivity contribution < 1.29 is 14.3 Å². The maximum Gasteiger partial charge on any atom is 0.357 e. The molecule has 27 heavy (non-hydrogen) atoms. The lowest BCUT2D eigenvalue weighted by molar-refractivity contribution is 0.0457. The molecule has 1 aromatic heterocycles. The first-order valence-corrected chi connectivity index (χ1v) is 8.88. The lowest BCUT2D eigenvalue weighted by Crippen LogP contribution is -2.16. The number of carbonyl (C=O) groups is 2. The van der Waals surface area contributed by atoms with Gasteiger partial charge in [0.15, 0.2) is 11.5 Å². The van der Waals surface area contributed by atoms with Crippen molar-refractivity contribution in [3.8, 4) is 0 Å². The van der Waals surface area contributed by atoms with Crippen molar-refractivity contribution in [1.29, 1.82) is 0 Å². The minimum atomic E-state index is -0.629. The fraction of sp³-hybridized carbons (Fsp3) is 0.150. The Labute approximate surface area is 166 Å². The van der Waals surface area contributed by atoms with Crippen molar-refractivity contribution >= 4 is 35.0 Å². The molecule has 0 saturated carbocycles. The summed E-state index contributed by atoms with van der Waals surface area (Å²) in [6.45, 7) is 1.75. The van der Waals surface area contributed by atoms with Gasteiger partial charge in [0.2, 0.25) is 0 Å². The van der Waals surface area contributed by atoms with Crippen molar-refractivity contribution in [2.45, 2.75) is 13.5 Å². The fourth-order valence-electron chi connectivity index (χ4n) is 2.76. The van der Waals surface area contributed by atoms with Crippen molar-refractivity contribution in [2.24, 2.45) is 7.05 Å². The van der Waals surface area contributed by atoms with E-state index in [0.29, 0.717) is 10.7 Å². The quantitative estimate of drug-likeness (QED) is 0.461. The highest BCUT2D eigenvalue weighted by molar-refractivity contribution is 6.37. The topological polar surface area (TPSA) is 61.2 Å². The summed E-state index contributed by atoms with van der Waals surface area (Å²) in [5, 5.41) is 4.83. The molecule has 2 aromatic carbocycles. The Bertz CT molecular complexity index is 1010. The first kappa shape index (κ1) is 19.1. The highest BCUT2D eigenvalue weighted by atomic mass is 35.5. The van der Waals surface area contributed by atoms with Gasteiger partial charge in [-0.05, 0) is 30.7 Å². The predicted octanol–water partition coefficient (Wildman–Crippen LogP) is 4.62. The Morgan fingerprint density at radius 3 is 2.48 bits per heavy atom. The molecule has 0 spiro atoms. The summed E-state index contributed by atoms with van der Waals surface area (Å²) in [6, 6.07) is 13.9. The van der Waals surface area contributed by atoms with E-state index >= 15 is 0 Å². The third-order valence-electron chi connectivity index (χ3n) is 4.03. The predicted molar refractivity (Wildman–Crippen MR) is 103 cm³/mol. The van der Waals surface area contributed by atoms with Crippen LogP contribution in [0, 0.1) is 6.92 Å². The summed E-state index contributed by atoms with van der Waals surface area (Å²) >= 11 is 12.1. The third-order valence-corrected chi connectivity index (χ3v) is 4.58. The zero-order valence-electron chi connectivity index (χ0n) is 14.7. The van der Waals surface area contributed by atoms with Crippen LogP contribution in [-0.4, -0.2) is 21.5 Å². The molecular formula is C20H16Cl2N2O3. The van der Waals surface area contributed by atoms with Gasteiger partial charge in [-0.15, -0.1) is 0 Å². The number of ketones is 1. The molecule has 0 aliphatic heterocycles. The minimum absolute atomic E-state index is 0.0828. The third kappa shape index (κ3) is 4.04. The number of benzene rings is 2. The van der Waals surface area contributed by atoms with E-state index in [0.717, 1.165) is 5.56 Å². The normalized spacial score (nSPS) is 10.7. The highest BCUT2D eigenvalue weighted by Gasteiger charge is 2.28. The number of carbonyl (C=O) groups excluding carboxylic acids is 2. The summed E-state index contributed by atoms with van der Waals surface area (Å²) in [4.78, 5) is 25.7. The number of rotatable bonds is 5. The largest absolute Gasteiger partial charge is 0.456 e. The number of hydrogen-bond donors (Lipinski definition) is 0. The lowest BCUT2D eigenvalue weighted by Gasteiger charge is -2.08. The average molecular weight is 403 g/mol. The lowest BCUT2D eigenvalue weighted by atomic mass is 10.0. The van der Waals surface area contributed by atoms with Gasteiger partial charge in [0.05, 0.1) is 16.3 Å². The first-order chi connectivity index (χ1) is 12.9. The van der Waals surface area contributed by atoms with Gasteiger partial charge in [0.25, 0.3) is 0 Å². The Morgan fingerprint density at radius 1 is 1.11 bits per heavy atom. The molecule has 1 heterocycles. The Morgan fingerprint density at radius 2 is 1.81 bits per heavy atom. The van der Waals surface area contributed by atoms with Gasteiger partial charge in [0, 0.05) is 17.6 Å². The van der Waals surface area contributed by atoms with Crippen LogP contribution < -0.4 is 0 Å². The Balaban J connectivity index is 1.93. The van der Waals surface area contributed by atoms with Gasteiger partial charge in [-0.25, -0.2) is 4.79 Å². The summed E-state index contributed by atoms with van der Waals surface area (Å²) < 4.78 is 6.73. The van der Waals surface area contributed by atoms with Crippen LogP contribution in [0.2, 0.25) is 10.0 Å². The van der Waals surface area contributed by atoms with Gasteiger partial charge in [-0.2, -0.15) is 5.10 Å². The number of aromatic nitrogens is 2. The van der Waals surface area contributed by atoms with Gasteiger partial charge in [0.1, 0.15) is 6.61 Å². The Kier molecular flexibility index (Phi) is 5.63. The SMILES string of the molecule is Cc1nn(C)c(C(=O)OCc2ccccc2)c1C(=O)c1ccc(Cl)cc1Cl. The first-order valence-electron chi connectivity index (χ1n) is 8.13. The maximum atomic E-state index is 13.0. The molecule has 0 radical (unpaired) electrons. The molecule has 138 valence electrons. The van der Waals surface area contributed by atoms with Gasteiger partial charge >= 0.3 is 5.97 Å². The summed E-state index contributed by atoms with van der Waals surface area (Å²) in [7, 11) is 1.59. The molecule has 7 heteroatoms. The van der Waals surface area contributed by atoms with Crippen molar-refractivity contribution in [2.75, 3.05) is 0 Å². The van der Waals surface area contributed by atoms with Gasteiger partial charge < -0.3 is 4.74 Å². The van der Waals surface area contributed by atoms with Crippen LogP contribution in [-0.2, 0) is 18.4 Å². The van der Waals surface area contributed by atoms with Crippen LogP contribution >= 0.6 is 23.2 Å². The zero-order chi connectivity index (χ0) is 19.6. The van der Waals surface area contributed by atoms with Crippen molar-refractivity contribution in [3.63, 3.8) is 0 Å². The standard InChI is InChI=1S/C20H16Cl2N2O3/c1-12-17(19(25)15-9-8-14(21)10-16(15)22)18(24(2)23-12)20(26)27-11-13-6-4-3-5-7-13/h3-10H,11H2,1-2H3. The molecule has 0 aliphatic carbocycles. The maximum absolute atomic E-state index is 13.0. The van der Waals surface area contributed by atoms with Gasteiger partial charge in [-0.3, -0.25) is 9.48 Å². The zero-order valence-corrected chi connectivity index (χ0v) is 16.2. The minimum Gasteiger partial charge on any atom is -0.456 e. The van der Waals surface area contributed by atoms with E-state index in [4.69, 9.17) is 27.9 Å². The van der Waals surface area contributed by atoms with Crippen molar-refractivity contribution in [1.82, 2.24) is 9.78 Å². The number of halogens is 2. The summed E-state index contributed by atoms with van der Waals surface area (Å²) in [5.74, 6) is -1.04. The molecule has 0 bridgehead atoms. The van der Waals surface area contributed by atoms with Gasteiger partial charge in [-0.1, -0.05) is 53.5 Å². The molecule has 0 fully saturated rings. The second kappa shape index (κ2) is 7.94. The number of hydrogen-bond acceptors (Lipinski definition) is 4. The van der Waals surface area contributed by atoms with E-state index in [1.165, 1.54) is 16.8 Å². The number of aryl methyl sites for hydroxylation is 2. The van der Waals surface area contributed by atoms with Crippen LogP contribution in [0.5, 0.6) is 0 Å². The van der Waals surface area contributed by atoms with E-state index in [-0.39, 0.29) is 28.5 Å². The van der Waals surface area contributed by atoms with Crippen LogP contribution in [0.3, 0.4) is 0 Å². The van der Waals surface area contributed by atoms with E-state index in [1.807, 2.05) is 30.3 Å². The van der Waals surface area contributed by atoms with E-state index in [1.54, 1.807) is 20.0 Å². The van der Waals surface area contributed by atoms with Crippen LogP contribution in [0.4, 0.5) is 0 Å². The van der Waals surface area contributed by atoms with Crippen molar-refractivity contribution in [3.05, 3.63) is 86.7 Å². The molecule has 0 saturated heterocycles. The molecule has 0 aliphatic rings. The molecule has 0 atom stereocenters. The highest BCUT2D eigenvalue weighted by Crippen LogP contribution is 2.26. The second-order valence-electron chi connectivity index (χ2n) is 5.95. The van der Waals surface area contributed by atoms with Crippen LogP contribution in [0.25, 0.3) is 0 Å². The molecular weight excluding hydrogens is 387 g/mol.